The Balaban J connectivity index is 1.51. The highest BCUT2D eigenvalue weighted by Gasteiger charge is 2.15. The van der Waals surface area contributed by atoms with Crippen molar-refractivity contribution in [1.82, 2.24) is 14.8 Å². The molecule has 0 aliphatic carbocycles. The maximum atomic E-state index is 12.5. The van der Waals surface area contributed by atoms with Gasteiger partial charge in [0.2, 0.25) is 11.0 Å². The number of nitrogens with zero attached hydrogens (tertiary/aromatic N) is 4. The van der Waals surface area contributed by atoms with Gasteiger partial charge in [-0.15, -0.1) is 11.3 Å². The monoisotopic (exact) mass is 453 g/mol. The second-order valence-electron chi connectivity index (χ2n) is 6.75. The number of hydrogen-bond donors (Lipinski definition) is 1. The third-order valence-electron chi connectivity index (χ3n) is 4.42. The van der Waals surface area contributed by atoms with Crippen molar-refractivity contribution in [2.75, 3.05) is 5.32 Å². The molecule has 1 N–H and O–H groups in total. The quantitative estimate of drug-likeness (QED) is 0.325. The van der Waals surface area contributed by atoms with Crippen molar-refractivity contribution in [2.45, 2.75) is 13.3 Å². The fourth-order valence-electron chi connectivity index (χ4n) is 2.96. The molecule has 0 unspecified atom stereocenters. The van der Waals surface area contributed by atoms with Crippen molar-refractivity contribution >= 4 is 40.4 Å². The van der Waals surface area contributed by atoms with Gasteiger partial charge in [-0.1, -0.05) is 35.9 Å². The topological polar surface area (TPSA) is 103 Å². The lowest BCUT2D eigenvalue weighted by atomic mass is 10.1. The molecule has 156 valence electrons. The van der Waals surface area contributed by atoms with Gasteiger partial charge in [0.15, 0.2) is 0 Å². The minimum absolute atomic E-state index is 0.0156. The number of halogens is 1. The Morgan fingerprint density at radius 3 is 2.58 bits per heavy atom. The Bertz CT molecular complexity index is 1250. The molecule has 1 amide bonds. The first-order chi connectivity index (χ1) is 14.9. The van der Waals surface area contributed by atoms with Gasteiger partial charge >= 0.3 is 0 Å². The summed E-state index contributed by atoms with van der Waals surface area (Å²) >= 11 is 7.36. The molecule has 0 aliphatic rings. The van der Waals surface area contributed by atoms with Crippen molar-refractivity contribution in [3.8, 4) is 16.4 Å². The number of aromatic nitrogens is 3. The predicted molar refractivity (Wildman–Crippen MR) is 120 cm³/mol. The van der Waals surface area contributed by atoms with Crippen LogP contribution in [0.25, 0.3) is 16.4 Å². The van der Waals surface area contributed by atoms with Crippen molar-refractivity contribution in [1.29, 1.82) is 0 Å². The van der Waals surface area contributed by atoms with Crippen LogP contribution in [0.2, 0.25) is 5.02 Å². The fraction of sp³-hybridized carbons (Fsp3) is 0.0952. The Labute approximate surface area is 186 Å². The molecule has 0 bridgehead atoms. The molecule has 4 rings (SSSR count). The number of rotatable bonds is 6. The van der Waals surface area contributed by atoms with Gasteiger partial charge in [-0.25, -0.2) is 4.98 Å². The maximum Gasteiger partial charge on any atom is 0.269 e. The maximum absolute atomic E-state index is 12.5. The first-order valence-corrected chi connectivity index (χ1v) is 10.5. The summed E-state index contributed by atoms with van der Waals surface area (Å²) in [6, 6.07) is 15.0. The highest BCUT2D eigenvalue weighted by atomic mass is 35.5. The van der Waals surface area contributed by atoms with Crippen LogP contribution in [0.4, 0.5) is 11.5 Å². The lowest BCUT2D eigenvalue weighted by Crippen LogP contribution is -2.17. The van der Waals surface area contributed by atoms with Crippen LogP contribution in [0.5, 0.6) is 0 Å². The van der Waals surface area contributed by atoms with Gasteiger partial charge in [0.1, 0.15) is 5.82 Å². The van der Waals surface area contributed by atoms with E-state index in [0.717, 1.165) is 17.0 Å². The van der Waals surface area contributed by atoms with Gasteiger partial charge in [0.05, 0.1) is 22.7 Å². The number of non-ortho nitro benzene ring substituents is 1. The average molecular weight is 454 g/mol. The van der Waals surface area contributed by atoms with Crippen LogP contribution in [0.3, 0.4) is 0 Å². The Kier molecular flexibility index (Phi) is 5.79. The van der Waals surface area contributed by atoms with Crippen LogP contribution < -0.4 is 5.32 Å². The number of aryl methyl sites for hydroxylation is 1. The Hall–Kier alpha value is -3.56. The van der Waals surface area contributed by atoms with E-state index in [-0.39, 0.29) is 18.0 Å². The van der Waals surface area contributed by atoms with Crippen molar-refractivity contribution in [2.24, 2.45) is 0 Å². The third-order valence-corrected chi connectivity index (χ3v) is 5.49. The lowest BCUT2D eigenvalue weighted by molar-refractivity contribution is -0.384. The number of benzene rings is 2. The minimum Gasteiger partial charge on any atom is -0.310 e. The van der Waals surface area contributed by atoms with Crippen molar-refractivity contribution in [3.05, 3.63) is 86.4 Å². The summed E-state index contributed by atoms with van der Waals surface area (Å²) in [6.45, 7) is 1.83. The molecule has 0 radical (unpaired) electrons. The molecule has 0 saturated carbocycles. The summed E-state index contributed by atoms with van der Waals surface area (Å²) in [4.78, 5) is 27.5. The van der Waals surface area contributed by atoms with E-state index in [1.54, 1.807) is 35.0 Å². The Morgan fingerprint density at radius 1 is 1.19 bits per heavy atom. The number of hydrogen-bond acceptors (Lipinski definition) is 6. The first kappa shape index (κ1) is 20.7. The largest absolute Gasteiger partial charge is 0.310 e. The number of thiazole rings is 1. The van der Waals surface area contributed by atoms with Crippen LogP contribution in [0.1, 0.15) is 11.3 Å². The van der Waals surface area contributed by atoms with Gasteiger partial charge in [-0.05, 0) is 24.6 Å². The van der Waals surface area contributed by atoms with Gasteiger partial charge in [0.25, 0.3) is 5.69 Å². The zero-order valence-corrected chi connectivity index (χ0v) is 17.9. The van der Waals surface area contributed by atoms with Crippen LogP contribution in [-0.4, -0.2) is 25.6 Å². The SMILES string of the molecule is Cc1cc(NC(=O)Cc2ccc([N+](=O)[O-])cc2)n(-c2nc(-c3ccc(Cl)cc3)cs2)n1. The molecule has 0 fully saturated rings. The lowest BCUT2D eigenvalue weighted by Gasteiger charge is -2.07. The number of nitrogens with one attached hydrogen (secondary N) is 1. The molecule has 4 aromatic rings. The second-order valence-corrected chi connectivity index (χ2v) is 8.03. The minimum atomic E-state index is -0.475. The number of carbonyl (C=O) groups is 1. The number of carbonyl (C=O) groups excluding carboxylic acids is 1. The van der Waals surface area contributed by atoms with Crippen molar-refractivity contribution < 1.29 is 9.72 Å². The van der Waals surface area contributed by atoms with Gasteiger partial charge < -0.3 is 5.32 Å². The molecule has 2 aromatic heterocycles. The second kappa shape index (κ2) is 8.66. The first-order valence-electron chi connectivity index (χ1n) is 9.21. The molecular weight excluding hydrogens is 438 g/mol. The third kappa shape index (κ3) is 4.79. The molecule has 0 aliphatic heterocycles. The molecule has 2 aromatic carbocycles. The molecule has 8 nitrogen and oxygen atoms in total. The molecule has 0 spiro atoms. The van der Waals surface area contributed by atoms with E-state index in [9.17, 15) is 14.9 Å². The van der Waals surface area contributed by atoms with E-state index in [0.29, 0.717) is 21.5 Å². The standard InChI is InChI=1S/C21H16ClN5O3S/c1-13-10-19(24-20(28)11-14-2-8-17(9-3-14)27(29)30)26(25-13)21-23-18(12-31-21)15-4-6-16(22)7-5-15/h2-10,12H,11H2,1H3,(H,24,28). The number of amides is 1. The van der Waals surface area contributed by atoms with Crippen LogP contribution in [0.15, 0.2) is 60.0 Å². The van der Waals surface area contributed by atoms with Gasteiger partial charge in [-0.2, -0.15) is 9.78 Å². The van der Waals surface area contributed by atoms with Crippen LogP contribution in [-0.2, 0) is 11.2 Å². The molecule has 2 heterocycles. The highest BCUT2D eigenvalue weighted by molar-refractivity contribution is 7.12. The summed E-state index contributed by atoms with van der Waals surface area (Å²) < 4.78 is 1.59. The normalized spacial score (nSPS) is 10.8. The molecule has 0 saturated heterocycles. The van der Waals surface area contributed by atoms with E-state index in [1.165, 1.54) is 23.5 Å². The van der Waals surface area contributed by atoms with Gasteiger partial charge in [0, 0.05) is 34.2 Å². The zero-order valence-electron chi connectivity index (χ0n) is 16.3. The zero-order chi connectivity index (χ0) is 22.0. The molecular formula is C21H16ClN5O3S. The smallest absolute Gasteiger partial charge is 0.269 e. The van der Waals surface area contributed by atoms with Crippen LogP contribution in [0, 0.1) is 17.0 Å². The number of nitro groups is 1. The van der Waals surface area contributed by atoms with Gasteiger partial charge in [-0.3, -0.25) is 14.9 Å². The van der Waals surface area contributed by atoms with E-state index >= 15 is 0 Å². The van der Waals surface area contributed by atoms with E-state index in [1.807, 2.05) is 24.4 Å². The predicted octanol–water partition coefficient (Wildman–Crippen LogP) is 5.05. The Morgan fingerprint density at radius 2 is 1.90 bits per heavy atom. The molecule has 0 atom stereocenters. The summed E-state index contributed by atoms with van der Waals surface area (Å²) in [5.74, 6) is 0.242. The van der Waals surface area contributed by atoms with E-state index < -0.39 is 4.92 Å². The van der Waals surface area contributed by atoms with Crippen molar-refractivity contribution in [3.63, 3.8) is 0 Å². The highest BCUT2D eigenvalue weighted by Crippen LogP contribution is 2.27. The summed E-state index contributed by atoms with van der Waals surface area (Å²) in [7, 11) is 0. The van der Waals surface area contributed by atoms with E-state index in [2.05, 4.69) is 15.4 Å². The number of anilines is 1. The summed E-state index contributed by atoms with van der Waals surface area (Å²) in [6.07, 6.45) is 0.0795. The fourth-order valence-corrected chi connectivity index (χ4v) is 3.88. The summed E-state index contributed by atoms with van der Waals surface area (Å²) in [5, 5.41) is 21.2. The van der Waals surface area contributed by atoms with Crippen LogP contribution >= 0.6 is 22.9 Å². The molecule has 31 heavy (non-hydrogen) atoms. The van der Waals surface area contributed by atoms with E-state index in [4.69, 9.17) is 11.6 Å². The average Bonchev–Trinajstić information content (AvgIpc) is 3.35. The molecule has 10 heteroatoms. The summed E-state index contributed by atoms with van der Waals surface area (Å²) in [5.41, 5.74) is 3.10. The number of nitro benzene ring substituents is 1.